The number of carbonyl (C=O) groups excluding carboxylic acids is 2. The number of halogens is 1. The topological polar surface area (TPSA) is 105 Å². The second-order valence-electron chi connectivity index (χ2n) is 7.17. The van der Waals surface area contributed by atoms with E-state index >= 15 is 0 Å². The number of hydrogen-bond acceptors (Lipinski definition) is 5. The van der Waals surface area contributed by atoms with Crippen LogP contribution in [0.4, 0.5) is 15.8 Å². The summed E-state index contributed by atoms with van der Waals surface area (Å²) in [7, 11) is -3.78. The monoisotopic (exact) mass is 433 g/mol. The zero-order valence-corrected chi connectivity index (χ0v) is 16.7. The van der Waals surface area contributed by atoms with E-state index in [1.165, 1.54) is 40.7 Å². The first-order valence-electron chi connectivity index (χ1n) is 9.46. The Morgan fingerprint density at radius 2 is 1.93 bits per heavy atom. The van der Waals surface area contributed by atoms with Crippen LogP contribution in [0.1, 0.15) is 12.8 Å². The van der Waals surface area contributed by atoms with Crippen molar-refractivity contribution < 1.29 is 27.1 Å². The van der Waals surface area contributed by atoms with Crippen molar-refractivity contribution in [2.45, 2.75) is 17.7 Å². The van der Waals surface area contributed by atoms with Crippen LogP contribution in [0, 0.1) is 11.7 Å². The summed E-state index contributed by atoms with van der Waals surface area (Å²) >= 11 is 0. The van der Waals surface area contributed by atoms with Gasteiger partial charge in [0.2, 0.25) is 15.9 Å². The number of nitrogens with one attached hydrogen (secondary N) is 2. The number of benzene rings is 2. The fourth-order valence-electron chi connectivity index (χ4n) is 3.54. The molecule has 2 heterocycles. The van der Waals surface area contributed by atoms with Crippen LogP contribution in [0.25, 0.3) is 0 Å². The van der Waals surface area contributed by atoms with E-state index in [-0.39, 0.29) is 42.3 Å². The van der Waals surface area contributed by atoms with Crippen LogP contribution in [0.3, 0.4) is 0 Å². The Morgan fingerprint density at radius 3 is 2.67 bits per heavy atom. The van der Waals surface area contributed by atoms with Crippen LogP contribution in [0.2, 0.25) is 0 Å². The lowest BCUT2D eigenvalue weighted by Gasteiger charge is -2.31. The summed E-state index contributed by atoms with van der Waals surface area (Å²) in [5.74, 6) is -0.994. The van der Waals surface area contributed by atoms with Crippen molar-refractivity contribution in [1.29, 1.82) is 0 Å². The average molecular weight is 433 g/mol. The van der Waals surface area contributed by atoms with Gasteiger partial charge in [-0.25, -0.2) is 12.8 Å². The Labute approximate surface area is 173 Å². The molecule has 0 radical (unpaired) electrons. The first-order valence-corrected chi connectivity index (χ1v) is 10.9. The molecule has 2 aromatic carbocycles. The van der Waals surface area contributed by atoms with Crippen LogP contribution >= 0.6 is 0 Å². The largest absolute Gasteiger partial charge is 0.482 e. The van der Waals surface area contributed by atoms with E-state index in [1.54, 1.807) is 6.07 Å². The smallest absolute Gasteiger partial charge is 0.262 e. The van der Waals surface area contributed by atoms with Gasteiger partial charge in [0.25, 0.3) is 5.91 Å². The highest BCUT2D eigenvalue weighted by Crippen LogP contribution is 2.32. The first kappa shape index (κ1) is 20.3. The number of nitrogens with zero attached hydrogens (tertiary/aromatic N) is 1. The van der Waals surface area contributed by atoms with E-state index < -0.39 is 15.8 Å². The van der Waals surface area contributed by atoms with E-state index in [0.717, 1.165) is 0 Å². The van der Waals surface area contributed by atoms with Crippen LogP contribution in [0.15, 0.2) is 47.4 Å². The second kappa shape index (κ2) is 8.04. The van der Waals surface area contributed by atoms with Gasteiger partial charge < -0.3 is 15.4 Å². The minimum absolute atomic E-state index is 0.0507. The molecular weight excluding hydrogens is 413 g/mol. The van der Waals surface area contributed by atoms with Crippen molar-refractivity contribution >= 4 is 33.2 Å². The van der Waals surface area contributed by atoms with Crippen LogP contribution in [0.5, 0.6) is 5.75 Å². The van der Waals surface area contributed by atoms with Gasteiger partial charge in [0.15, 0.2) is 6.61 Å². The van der Waals surface area contributed by atoms with Gasteiger partial charge in [-0.1, -0.05) is 6.07 Å². The lowest BCUT2D eigenvalue weighted by atomic mass is 9.97. The summed E-state index contributed by atoms with van der Waals surface area (Å²) in [5.41, 5.74) is 0.685. The molecule has 1 saturated heterocycles. The number of sulfonamides is 1. The van der Waals surface area contributed by atoms with E-state index in [1.807, 2.05) is 0 Å². The summed E-state index contributed by atoms with van der Waals surface area (Å²) in [4.78, 5) is 24.0. The second-order valence-corrected chi connectivity index (χ2v) is 9.11. The average Bonchev–Trinajstić information content (AvgIpc) is 2.73. The Bertz CT molecular complexity index is 1100. The van der Waals surface area contributed by atoms with Gasteiger partial charge >= 0.3 is 0 Å². The maximum Gasteiger partial charge on any atom is 0.262 e. The molecule has 0 aromatic heterocycles. The Balaban J connectivity index is 1.41. The van der Waals surface area contributed by atoms with Crippen LogP contribution < -0.4 is 15.4 Å². The van der Waals surface area contributed by atoms with Gasteiger partial charge in [0.1, 0.15) is 11.6 Å². The molecule has 30 heavy (non-hydrogen) atoms. The van der Waals surface area contributed by atoms with Crippen molar-refractivity contribution in [3.8, 4) is 5.75 Å². The minimum atomic E-state index is -3.78. The molecule has 0 spiro atoms. The number of hydrogen-bond donors (Lipinski definition) is 2. The van der Waals surface area contributed by atoms with Gasteiger partial charge in [-0.3, -0.25) is 9.59 Å². The number of anilines is 2. The van der Waals surface area contributed by atoms with E-state index in [4.69, 9.17) is 4.74 Å². The number of rotatable bonds is 4. The third-order valence-corrected chi connectivity index (χ3v) is 7.03. The van der Waals surface area contributed by atoms with Gasteiger partial charge in [-0.15, -0.1) is 0 Å². The summed E-state index contributed by atoms with van der Waals surface area (Å²) in [6, 6.07) is 9.96. The zero-order valence-electron chi connectivity index (χ0n) is 15.9. The van der Waals surface area contributed by atoms with E-state index in [0.29, 0.717) is 30.0 Å². The normalized spacial score (nSPS) is 17.6. The van der Waals surface area contributed by atoms with Crippen LogP contribution in [-0.4, -0.2) is 44.2 Å². The Kier molecular flexibility index (Phi) is 5.44. The van der Waals surface area contributed by atoms with Crippen molar-refractivity contribution in [1.82, 2.24) is 4.31 Å². The lowest BCUT2D eigenvalue weighted by molar-refractivity contribution is -0.121. The predicted octanol–water partition coefficient (Wildman–Crippen LogP) is 2.20. The quantitative estimate of drug-likeness (QED) is 0.769. The standard InChI is InChI=1S/C20H20FN3O5S/c21-14-2-1-3-15(10-14)22-20(26)13-6-8-24(9-7-13)30(27,28)16-4-5-18-17(11-16)23-19(25)12-29-18/h1-5,10-11,13H,6-9,12H2,(H,22,26)(H,23,25). The molecule has 2 amide bonds. The highest BCUT2D eigenvalue weighted by Gasteiger charge is 2.33. The maximum absolute atomic E-state index is 13.3. The molecule has 1 fully saturated rings. The van der Waals surface area contributed by atoms with Crippen molar-refractivity contribution in [2.75, 3.05) is 30.3 Å². The molecule has 10 heteroatoms. The highest BCUT2D eigenvalue weighted by atomic mass is 32.2. The molecule has 0 saturated carbocycles. The third-order valence-electron chi connectivity index (χ3n) is 5.14. The summed E-state index contributed by atoms with van der Waals surface area (Å²) in [5, 5.41) is 5.27. The molecule has 2 aromatic rings. The van der Waals surface area contributed by atoms with E-state index in [2.05, 4.69) is 10.6 Å². The highest BCUT2D eigenvalue weighted by molar-refractivity contribution is 7.89. The van der Waals surface area contributed by atoms with Gasteiger partial charge in [0.05, 0.1) is 10.6 Å². The van der Waals surface area contributed by atoms with Gasteiger partial charge in [-0.05, 0) is 49.2 Å². The zero-order chi connectivity index (χ0) is 21.3. The first-order chi connectivity index (χ1) is 14.3. The molecular formula is C20H20FN3O5S. The molecule has 2 aliphatic rings. The molecule has 2 aliphatic heterocycles. The lowest BCUT2D eigenvalue weighted by Crippen LogP contribution is -2.41. The maximum atomic E-state index is 13.3. The minimum Gasteiger partial charge on any atom is -0.482 e. The molecule has 2 N–H and O–H groups in total. The third kappa shape index (κ3) is 4.14. The van der Waals surface area contributed by atoms with E-state index in [9.17, 15) is 22.4 Å². The van der Waals surface area contributed by atoms with Crippen molar-refractivity contribution in [3.05, 3.63) is 48.3 Å². The predicted molar refractivity (Wildman–Crippen MR) is 107 cm³/mol. The summed E-state index contributed by atoms with van der Waals surface area (Å²) < 4.78 is 45.8. The van der Waals surface area contributed by atoms with Gasteiger partial charge in [0, 0.05) is 24.7 Å². The molecule has 0 unspecified atom stereocenters. The molecule has 8 nitrogen and oxygen atoms in total. The number of ether oxygens (including phenoxy) is 1. The Hall–Kier alpha value is -2.98. The van der Waals surface area contributed by atoms with Crippen molar-refractivity contribution in [2.24, 2.45) is 5.92 Å². The number of amides is 2. The molecule has 0 aliphatic carbocycles. The molecule has 158 valence electrons. The molecule has 0 atom stereocenters. The fourth-order valence-corrected chi connectivity index (χ4v) is 5.04. The number of carbonyl (C=O) groups is 2. The van der Waals surface area contributed by atoms with Crippen LogP contribution in [-0.2, 0) is 19.6 Å². The molecule has 4 rings (SSSR count). The SMILES string of the molecule is O=C1COc2ccc(S(=O)(=O)N3CCC(C(=O)Nc4cccc(F)c4)CC3)cc2N1. The Morgan fingerprint density at radius 1 is 1.17 bits per heavy atom. The summed E-state index contributed by atoms with van der Waals surface area (Å²) in [6.07, 6.45) is 0.705. The molecule has 0 bridgehead atoms. The van der Waals surface area contributed by atoms with Gasteiger partial charge in [-0.2, -0.15) is 4.31 Å². The number of piperidine rings is 1. The number of fused-ring (bicyclic) bond motifs is 1. The fraction of sp³-hybridized carbons (Fsp3) is 0.300. The summed E-state index contributed by atoms with van der Waals surface area (Å²) in [6.45, 7) is 0.261. The van der Waals surface area contributed by atoms with Crippen molar-refractivity contribution in [3.63, 3.8) is 0 Å².